The van der Waals surface area contributed by atoms with Gasteiger partial charge >= 0.3 is 0 Å². The number of anilines is 1. The molecule has 0 spiro atoms. The molecule has 1 aliphatic heterocycles. The van der Waals surface area contributed by atoms with Crippen molar-refractivity contribution in [3.8, 4) is 6.07 Å². The Hall–Kier alpha value is -1.60. The zero-order chi connectivity index (χ0) is 13.1. The molecule has 96 valence electrons. The lowest BCUT2D eigenvalue weighted by molar-refractivity contribution is 0.183. The summed E-state index contributed by atoms with van der Waals surface area (Å²) in [6.07, 6.45) is 1.07. The summed E-state index contributed by atoms with van der Waals surface area (Å²) in [5, 5.41) is 12.6. The Labute approximate surface area is 108 Å². The van der Waals surface area contributed by atoms with Crippen LogP contribution in [0.4, 0.5) is 5.82 Å². The molecule has 1 aromatic rings. The van der Waals surface area contributed by atoms with Crippen LogP contribution < -0.4 is 5.32 Å². The highest BCUT2D eigenvalue weighted by molar-refractivity contribution is 5.56. The largest absolute Gasteiger partial charge is 0.381 e. The van der Waals surface area contributed by atoms with E-state index in [-0.39, 0.29) is 6.04 Å². The van der Waals surface area contributed by atoms with Gasteiger partial charge in [-0.3, -0.25) is 0 Å². The van der Waals surface area contributed by atoms with Crippen LogP contribution in [0.15, 0.2) is 6.07 Å². The lowest BCUT2D eigenvalue weighted by atomic mass is 10.0. The van der Waals surface area contributed by atoms with Crippen molar-refractivity contribution in [2.75, 3.05) is 18.5 Å². The van der Waals surface area contributed by atoms with E-state index >= 15 is 0 Å². The molecule has 1 saturated heterocycles. The van der Waals surface area contributed by atoms with E-state index in [1.54, 1.807) is 0 Å². The van der Waals surface area contributed by atoms with Crippen molar-refractivity contribution in [1.82, 2.24) is 4.98 Å². The molecule has 2 unspecified atom stereocenters. The molecular formula is C14H19N3O. The van der Waals surface area contributed by atoms with Gasteiger partial charge < -0.3 is 10.1 Å². The number of pyridine rings is 1. The Bertz CT molecular complexity index is 473. The third-order valence-corrected chi connectivity index (χ3v) is 3.49. The monoisotopic (exact) mass is 245 g/mol. The highest BCUT2D eigenvalue weighted by Crippen LogP contribution is 2.23. The second-order valence-corrected chi connectivity index (χ2v) is 4.97. The molecule has 4 heteroatoms. The first-order valence-corrected chi connectivity index (χ1v) is 6.34. The van der Waals surface area contributed by atoms with E-state index in [0.717, 1.165) is 30.9 Å². The molecule has 18 heavy (non-hydrogen) atoms. The number of ether oxygens (including phenoxy) is 1. The van der Waals surface area contributed by atoms with Crippen molar-refractivity contribution in [2.24, 2.45) is 5.92 Å². The summed E-state index contributed by atoms with van der Waals surface area (Å²) in [5.41, 5.74) is 2.55. The van der Waals surface area contributed by atoms with E-state index < -0.39 is 0 Å². The average molecular weight is 245 g/mol. The average Bonchev–Trinajstić information content (AvgIpc) is 2.81. The number of nitrogens with one attached hydrogen (secondary N) is 1. The summed E-state index contributed by atoms with van der Waals surface area (Å²) in [5.74, 6) is 1.20. The van der Waals surface area contributed by atoms with Crippen LogP contribution in [0.5, 0.6) is 0 Å². The third kappa shape index (κ3) is 2.62. The van der Waals surface area contributed by atoms with Gasteiger partial charge in [0, 0.05) is 24.3 Å². The maximum Gasteiger partial charge on any atom is 0.144 e. The van der Waals surface area contributed by atoms with Crippen molar-refractivity contribution in [2.45, 2.75) is 33.2 Å². The molecule has 0 saturated carbocycles. The minimum atomic E-state index is 0.272. The lowest BCUT2D eigenvalue weighted by Gasteiger charge is -2.21. The van der Waals surface area contributed by atoms with Gasteiger partial charge in [0.2, 0.25) is 0 Å². The quantitative estimate of drug-likeness (QED) is 0.888. The Balaban J connectivity index is 2.20. The van der Waals surface area contributed by atoms with E-state index in [1.807, 2.05) is 19.9 Å². The predicted octanol–water partition coefficient (Wildman–Crippen LogP) is 2.41. The summed E-state index contributed by atoms with van der Waals surface area (Å²) in [6, 6.07) is 4.44. The molecule has 2 heterocycles. The lowest BCUT2D eigenvalue weighted by Crippen LogP contribution is -2.27. The van der Waals surface area contributed by atoms with Crippen LogP contribution in [0.1, 0.15) is 30.2 Å². The highest BCUT2D eigenvalue weighted by atomic mass is 16.5. The Morgan fingerprint density at radius 1 is 1.56 bits per heavy atom. The molecule has 1 aromatic heterocycles. The van der Waals surface area contributed by atoms with E-state index in [2.05, 4.69) is 23.3 Å². The van der Waals surface area contributed by atoms with Gasteiger partial charge in [0.15, 0.2) is 0 Å². The maximum absolute atomic E-state index is 9.21. The minimum absolute atomic E-state index is 0.272. The maximum atomic E-state index is 9.21. The van der Waals surface area contributed by atoms with Crippen LogP contribution in [-0.2, 0) is 4.74 Å². The zero-order valence-corrected chi connectivity index (χ0v) is 11.2. The number of nitrogens with zero attached hydrogens (tertiary/aromatic N) is 2. The third-order valence-electron chi connectivity index (χ3n) is 3.49. The Morgan fingerprint density at radius 3 is 2.94 bits per heavy atom. The first-order valence-electron chi connectivity index (χ1n) is 6.34. The smallest absolute Gasteiger partial charge is 0.144 e. The van der Waals surface area contributed by atoms with E-state index in [0.29, 0.717) is 17.3 Å². The van der Waals surface area contributed by atoms with Gasteiger partial charge in [-0.1, -0.05) is 0 Å². The SMILES string of the molecule is Cc1cc(C)c(C#N)c(NC(C)C2CCOC2)n1. The van der Waals surface area contributed by atoms with Gasteiger partial charge in [0.25, 0.3) is 0 Å². The minimum Gasteiger partial charge on any atom is -0.381 e. The standard InChI is InChI=1S/C14H19N3O/c1-9-6-10(2)16-14(13(9)7-15)17-11(3)12-4-5-18-8-12/h6,11-12H,4-5,8H2,1-3H3,(H,16,17). The predicted molar refractivity (Wildman–Crippen MR) is 70.4 cm³/mol. The second-order valence-electron chi connectivity index (χ2n) is 4.97. The van der Waals surface area contributed by atoms with Crippen LogP contribution in [0, 0.1) is 31.1 Å². The van der Waals surface area contributed by atoms with E-state index in [1.165, 1.54) is 0 Å². The van der Waals surface area contributed by atoms with Gasteiger partial charge in [-0.25, -0.2) is 4.98 Å². The van der Waals surface area contributed by atoms with Crippen molar-refractivity contribution in [3.05, 3.63) is 22.9 Å². The van der Waals surface area contributed by atoms with Crippen molar-refractivity contribution >= 4 is 5.82 Å². The fourth-order valence-corrected chi connectivity index (χ4v) is 2.36. The molecule has 0 amide bonds. The highest BCUT2D eigenvalue weighted by Gasteiger charge is 2.23. The van der Waals surface area contributed by atoms with Gasteiger partial charge in [0.1, 0.15) is 11.9 Å². The van der Waals surface area contributed by atoms with Gasteiger partial charge in [-0.2, -0.15) is 5.26 Å². The molecular weight excluding hydrogens is 226 g/mol. The summed E-state index contributed by atoms with van der Waals surface area (Å²) >= 11 is 0. The number of hydrogen-bond donors (Lipinski definition) is 1. The molecule has 1 N–H and O–H groups in total. The van der Waals surface area contributed by atoms with Gasteiger partial charge in [-0.05, 0) is 38.8 Å². The molecule has 1 aliphatic rings. The molecule has 0 aliphatic carbocycles. The van der Waals surface area contributed by atoms with Crippen molar-refractivity contribution < 1.29 is 4.74 Å². The topological polar surface area (TPSA) is 57.9 Å². The number of hydrogen-bond acceptors (Lipinski definition) is 4. The number of rotatable bonds is 3. The molecule has 0 bridgehead atoms. The Morgan fingerprint density at radius 2 is 2.33 bits per heavy atom. The summed E-state index contributed by atoms with van der Waals surface area (Å²) in [7, 11) is 0. The summed E-state index contributed by atoms with van der Waals surface area (Å²) in [6.45, 7) is 7.65. The second kappa shape index (κ2) is 5.36. The van der Waals surface area contributed by atoms with Crippen molar-refractivity contribution in [1.29, 1.82) is 5.26 Å². The van der Waals surface area contributed by atoms with Gasteiger partial charge in [-0.15, -0.1) is 0 Å². The molecule has 4 nitrogen and oxygen atoms in total. The Kier molecular flexibility index (Phi) is 3.83. The fourth-order valence-electron chi connectivity index (χ4n) is 2.36. The van der Waals surface area contributed by atoms with E-state index in [4.69, 9.17) is 4.74 Å². The normalized spacial score (nSPS) is 20.4. The number of aromatic nitrogens is 1. The zero-order valence-electron chi connectivity index (χ0n) is 11.2. The first kappa shape index (κ1) is 12.8. The molecule has 1 fully saturated rings. The van der Waals surface area contributed by atoms with Gasteiger partial charge in [0.05, 0.1) is 12.2 Å². The fraction of sp³-hybridized carbons (Fsp3) is 0.571. The van der Waals surface area contributed by atoms with E-state index in [9.17, 15) is 5.26 Å². The number of aryl methyl sites for hydroxylation is 2. The van der Waals surface area contributed by atoms with Crippen LogP contribution in [0.3, 0.4) is 0 Å². The molecule has 0 radical (unpaired) electrons. The van der Waals surface area contributed by atoms with Crippen molar-refractivity contribution in [3.63, 3.8) is 0 Å². The number of nitriles is 1. The van der Waals surface area contributed by atoms with Crippen LogP contribution in [0.25, 0.3) is 0 Å². The van der Waals surface area contributed by atoms with Crippen LogP contribution >= 0.6 is 0 Å². The molecule has 2 rings (SSSR count). The van der Waals surface area contributed by atoms with Crippen LogP contribution in [-0.4, -0.2) is 24.2 Å². The first-order chi connectivity index (χ1) is 8.61. The summed E-state index contributed by atoms with van der Waals surface area (Å²) < 4.78 is 5.39. The molecule has 2 atom stereocenters. The van der Waals surface area contributed by atoms with Crippen LogP contribution in [0.2, 0.25) is 0 Å². The summed E-state index contributed by atoms with van der Waals surface area (Å²) in [4.78, 5) is 4.44. The molecule has 0 aromatic carbocycles.